The maximum Gasteiger partial charge on any atom is 0.173 e. The van der Waals surface area contributed by atoms with Gasteiger partial charge in [-0.1, -0.05) is 103 Å². The van der Waals surface area contributed by atoms with Crippen LogP contribution in [0.5, 0.6) is 0 Å². The minimum Gasteiger partial charge on any atom is -0.308 e. The quantitative estimate of drug-likeness (QED) is 0.181. The van der Waals surface area contributed by atoms with Crippen LogP contribution in [0, 0.1) is 0 Å². The van der Waals surface area contributed by atoms with Gasteiger partial charge in [0.1, 0.15) is 10.7 Å². The Morgan fingerprint density at radius 2 is 1.28 bits per heavy atom. The SMILES string of the molecule is c1ccc(-c2ccccc2N2c3ccccc3Sc3c(-c4nc(-c5ccc6c(c5)c5cccnc5n6-c5ccccc5)ns4)cccc32)cc1. The molecule has 1 aliphatic heterocycles. The molecule has 5 nitrogen and oxygen atoms in total. The third-order valence-corrected chi connectivity index (χ3v) is 11.2. The number of benzene rings is 6. The van der Waals surface area contributed by atoms with Crippen molar-refractivity contribution < 1.29 is 0 Å². The van der Waals surface area contributed by atoms with Crippen molar-refractivity contribution in [3.8, 4) is 38.8 Å². The second-order valence-corrected chi connectivity index (χ2v) is 13.9. The van der Waals surface area contributed by atoms with Gasteiger partial charge in [0.05, 0.1) is 22.6 Å². The standard InChI is InChI=1S/C43H27N5S2/c1-3-13-28(14-4-1)31-17-7-8-20-35(31)48-37-21-9-10-23-39(37)49-40-33(18-11-22-38(40)48)43-45-41(46-50-43)29-24-25-36-34(27-29)32-19-12-26-44-42(32)47(36)30-15-5-2-6-16-30/h1-27H. The van der Waals surface area contributed by atoms with Gasteiger partial charge in [-0.2, -0.15) is 4.37 Å². The monoisotopic (exact) mass is 677 g/mol. The Labute approximate surface area is 297 Å². The number of pyridine rings is 1. The number of anilines is 3. The summed E-state index contributed by atoms with van der Waals surface area (Å²) in [4.78, 5) is 14.7. The van der Waals surface area contributed by atoms with Crippen molar-refractivity contribution in [1.29, 1.82) is 0 Å². The van der Waals surface area contributed by atoms with Crippen molar-refractivity contribution in [2.24, 2.45) is 0 Å². The molecule has 1 aliphatic rings. The molecule has 0 spiro atoms. The van der Waals surface area contributed by atoms with E-state index >= 15 is 0 Å². The molecule has 236 valence electrons. The fourth-order valence-corrected chi connectivity index (χ4v) is 8.96. The van der Waals surface area contributed by atoms with Crippen molar-refractivity contribution in [2.75, 3.05) is 4.90 Å². The molecule has 6 aromatic carbocycles. The second-order valence-electron chi connectivity index (χ2n) is 12.1. The van der Waals surface area contributed by atoms with E-state index in [1.54, 1.807) is 11.8 Å². The molecule has 0 N–H and O–H groups in total. The Hall–Kier alpha value is -6.02. The number of hydrogen-bond acceptors (Lipinski definition) is 6. The lowest BCUT2D eigenvalue weighted by Crippen LogP contribution is -2.16. The zero-order valence-electron chi connectivity index (χ0n) is 26.6. The third-order valence-electron chi connectivity index (χ3n) is 9.24. The Balaban J connectivity index is 1.09. The molecule has 0 radical (unpaired) electrons. The van der Waals surface area contributed by atoms with Gasteiger partial charge in [0.25, 0.3) is 0 Å². The summed E-state index contributed by atoms with van der Waals surface area (Å²) in [5.41, 5.74) is 11.0. The van der Waals surface area contributed by atoms with Crippen LogP contribution in [0.2, 0.25) is 0 Å². The van der Waals surface area contributed by atoms with Crippen LogP contribution in [-0.2, 0) is 0 Å². The predicted octanol–water partition coefficient (Wildman–Crippen LogP) is 12.0. The predicted molar refractivity (Wildman–Crippen MR) is 207 cm³/mol. The van der Waals surface area contributed by atoms with Gasteiger partial charge in [0.15, 0.2) is 5.82 Å². The highest BCUT2D eigenvalue weighted by atomic mass is 32.2. The first-order chi connectivity index (χ1) is 24.8. The van der Waals surface area contributed by atoms with E-state index in [1.807, 2.05) is 18.3 Å². The maximum absolute atomic E-state index is 5.18. The van der Waals surface area contributed by atoms with Crippen molar-refractivity contribution in [2.45, 2.75) is 9.79 Å². The van der Waals surface area contributed by atoms with Crippen molar-refractivity contribution in [3.63, 3.8) is 0 Å². The summed E-state index contributed by atoms with van der Waals surface area (Å²) in [6, 6.07) is 55.5. The van der Waals surface area contributed by atoms with Gasteiger partial charge in [0.2, 0.25) is 0 Å². The van der Waals surface area contributed by atoms with Crippen LogP contribution in [0.4, 0.5) is 17.1 Å². The van der Waals surface area contributed by atoms with Crippen molar-refractivity contribution in [1.82, 2.24) is 18.9 Å². The number of hydrogen-bond donors (Lipinski definition) is 0. The van der Waals surface area contributed by atoms with Gasteiger partial charge < -0.3 is 4.90 Å². The summed E-state index contributed by atoms with van der Waals surface area (Å²) in [6.45, 7) is 0. The molecule has 50 heavy (non-hydrogen) atoms. The van der Waals surface area contributed by atoms with Crippen LogP contribution in [0.25, 0.3) is 60.7 Å². The Morgan fingerprint density at radius 1 is 0.540 bits per heavy atom. The Morgan fingerprint density at radius 3 is 2.16 bits per heavy atom. The van der Waals surface area contributed by atoms with Crippen LogP contribution in [0.1, 0.15) is 0 Å². The molecule has 7 heteroatoms. The van der Waals surface area contributed by atoms with Gasteiger partial charge >= 0.3 is 0 Å². The topological polar surface area (TPSA) is 46.8 Å². The number of aromatic nitrogens is 4. The zero-order valence-corrected chi connectivity index (χ0v) is 28.3. The van der Waals surface area contributed by atoms with E-state index in [0.29, 0.717) is 0 Å². The van der Waals surface area contributed by atoms with Crippen molar-refractivity contribution in [3.05, 3.63) is 164 Å². The smallest absolute Gasteiger partial charge is 0.173 e. The first kappa shape index (κ1) is 28.9. The molecule has 0 saturated carbocycles. The van der Waals surface area contributed by atoms with E-state index in [0.717, 1.165) is 61.0 Å². The van der Waals surface area contributed by atoms with E-state index in [9.17, 15) is 0 Å². The summed E-state index contributed by atoms with van der Waals surface area (Å²) in [5.74, 6) is 0.724. The first-order valence-corrected chi connectivity index (χ1v) is 18.0. The lowest BCUT2D eigenvalue weighted by molar-refractivity contribution is 1.14. The van der Waals surface area contributed by atoms with Crippen LogP contribution in [0.3, 0.4) is 0 Å². The van der Waals surface area contributed by atoms with E-state index in [4.69, 9.17) is 14.3 Å². The third kappa shape index (κ3) is 4.66. The van der Waals surface area contributed by atoms with Gasteiger partial charge in [-0.05, 0) is 83.8 Å². The van der Waals surface area contributed by atoms with Crippen LogP contribution < -0.4 is 4.90 Å². The average Bonchev–Trinajstić information content (AvgIpc) is 3.81. The van der Waals surface area contributed by atoms with Gasteiger partial charge in [-0.25, -0.2) is 9.97 Å². The number of para-hydroxylation sites is 3. The molecule has 0 fully saturated rings. The van der Waals surface area contributed by atoms with Crippen LogP contribution in [-0.4, -0.2) is 18.9 Å². The van der Waals surface area contributed by atoms with Gasteiger partial charge in [-0.15, -0.1) is 0 Å². The largest absolute Gasteiger partial charge is 0.308 e. The van der Waals surface area contributed by atoms with Crippen molar-refractivity contribution >= 4 is 62.3 Å². The Kier molecular flexibility index (Phi) is 6.85. The Bertz CT molecular complexity index is 2700. The maximum atomic E-state index is 5.18. The molecule has 0 unspecified atom stereocenters. The molecule has 10 rings (SSSR count). The van der Waals surface area contributed by atoms with E-state index in [1.165, 1.54) is 38.1 Å². The highest BCUT2D eigenvalue weighted by molar-refractivity contribution is 8.00. The normalized spacial score (nSPS) is 12.3. The molecule has 0 atom stereocenters. The van der Waals surface area contributed by atoms with E-state index in [2.05, 4.69) is 155 Å². The number of fused-ring (bicyclic) bond motifs is 5. The molecule has 9 aromatic rings. The molecule has 0 saturated heterocycles. The fraction of sp³-hybridized carbons (Fsp3) is 0. The molecular formula is C43H27N5S2. The summed E-state index contributed by atoms with van der Waals surface area (Å²) in [5, 5.41) is 3.13. The second kappa shape index (κ2) is 11.8. The zero-order chi connectivity index (χ0) is 33.0. The molecule has 3 aromatic heterocycles. The number of rotatable bonds is 5. The minimum absolute atomic E-state index is 0.724. The molecule has 0 bridgehead atoms. The van der Waals surface area contributed by atoms with Crippen LogP contribution in [0.15, 0.2) is 174 Å². The molecular weight excluding hydrogens is 651 g/mol. The summed E-state index contributed by atoms with van der Waals surface area (Å²) < 4.78 is 7.15. The average molecular weight is 678 g/mol. The van der Waals surface area contributed by atoms with E-state index < -0.39 is 0 Å². The lowest BCUT2D eigenvalue weighted by atomic mass is 10.0. The summed E-state index contributed by atoms with van der Waals surface area (Å²) in [7, 11) is 0. The molecule has 0 amide bonds. The van der Waals surface area contributed by atoms with Gasteiger partial charge in [-0.3, -0.25) is 4.57 Å². The molecule has 0 aliphatic carbocycles. The molecule has 4 heterocycles. The van der Waals surface area contributed by atoms with Crippen LogP contribution >= 0.6 is 23.3 Å². The highest BCUT2D eigenvalue weighted by Gasteiger charge is 2.29. The summed E-state index contributed by atoms with van der Waals surface area (Å²) >= 11 is 3.25. The highest BCUT2D eigenvalue weighted by Crippen LogP contribution is 2.55. The van der Waals surface area contributed by atoms with Gasteiger partial charge in [0, 0.05) is 49.1 Å². The van der Waals surface area contributed by atoms with E-state index in [-0.39, 0.29) is 0 Å². The first-order valence-electron chi connectivity index (χ1n) is 16.5. The minimum atomic E-state index is 0.724. The lowest BCUT2D eigenvalue weighted by Gasteiger charge is -2.35. The number of nitrogens with zero attached hydrogens (tertiary/aromatic N) is 5. The summed E-state index contributed by atoms with van der Waals surface area (Å²) in [6.07, 6.45) is 1.86. The fourth-order valence-electron chi connectivity index (χ4n) is 7.01.